The Balaban J connectivity index is 1.44. The molecular formula is C26H27N3O5S. The van der Waals surface area contributed by atoms with Crippen LogP contribution in [0.4, 0.5) is 4.79 Å². The van der Waals surface area contributed by atoms with E-state index in [0.29, 0.717) is 24.5 Å². The minimum Gasteiger partial charge on any atom is -0.480 e. The van der Waals surface area contributed by atoms with Crippen LogP contribution >= 0.6 is 11.8 Å². The Kier molecular flexibility index (Phi) is 7.93. The van der Waals surface area contributed by atoms with Crippen molar-refractivity contribution in [2.45, 2.75) is 37.3 Å². The number of aliphatic carboxylic acids is 1. The van der Waals surface area contributed by atoms with E-state index in [9.17, 15) is 19.5 Å². The third kappa shape index (κ3) is 5.43. The zero-order valence-corrected chi connectivity index (χ0v) is 20.0. The number of hydrogen-bond donors (Lipinski definition) is 2. The number of carbonyl (C=O) groups excluding carboxylic acids is 2. The van der Waals surface area contributed by atoms with Crippen LogP contribution in [0, 0.1) is 11.3 Å². The number of thioether (sulfide) groups is 1. The second kappa shape index (κ2) is 11.3. The molecule has 182 valence electrons. The zero-order valence-electron chi connectivity index (χ0n) is 19.2. The first-order valence-electron chi connectivity index (χ1n) is 11.6. The van der Waals surface area contributed by atoms with Gasteiger partial charge in [-0.25, -0.2) is 9.59 Å². The van der Waals surface area contributed by atoms with Crippen molar-refractivity contribution in [3.8, 4) is 17.2 Å². The Morgan fingerprint density at radius 2 is 1.80 bits per heavy atom. The fourth-order valence-corrected chi connectivity index (χ4v) is 5.74. The summed E-state index contributed by atoms with van der Waals surface area (Å²) in [5, 5.41) is 21.1. The second-order valence-electron chi connectivity index (χ2n) is 8.53. The number of rotatable bonds is 8. The molecule has 1 aliphatic carbocycles. The lowest BCUT2D eigenvalue weighted by atomic mass is 9.98. The van der Waals surface area contributed by atoms with E-state index in [4.69, 9.17) is 10.00 Å². The topological polar surface area (TPSA) is 120 Å². The largest absolute Gasteiger partial charge is 0.480 e. The number of carboxylic acids is 1. The summed E-state index contributed by atoms with van der Waals surface area (Å²) in [5.74, 6) is -0.703. The maximum atomic E-state index is 13.2. The molecule has 2 aromatic carbocycles. The number of carbonyl (C=O) groups is 3. The number of nitrogens with zero attached hydrogens (tertiary/aromatic N) is 2. The second-order valence-corrected chi connectivity index (χ2v) is 9.68. The summed E-state index contributed by atoms with van der Waals surface area (Å²) in [6.45, 7) is 0.401. The van der Waals surface area contributed by atoms with Gasteiger partial charge in [0.15, 0.2) is 0 Å². The standard InChI is InChI=1S/C26H27N3O5S/c27-12-6-5-11-22(24(30)29-13-14-35-16-23(29)25(31)32)28-26(33)34-15-21-19-9-3-1-7-17(19)18-8-2-4-10-20(18)21/h1-4,7-10,21-23H,5-6,11,13-16H2,(H,28,33)(H,31,32). The molecule has 35 heavy (non-hydrogen) atoms. The number of nitrogens with one attached hydrogen (secondary N) is 1. The fourth-order valence-electron chi connectivity index (χ4n) is 4.70. The monoisotopic (exact) mass is 493 g/mol. The van der Waals surface area contributed by atoms with Gasteiger partial charge in [-0.3, -0.25) is 4.79 Å². The number of alkyl carbamates (subject to hydrolysis) is 1. The minimum atomic E-state index is -1.07. The minimum absolute atomic E-state index is 0.108. The number of carboxylic acid groups (broad SMARTS) is 1. The summed E-state index contributed by atoms with van der Waals surface area (Å²) in [6.07, 6.45) is 0.123. The number of nitriles is 1. The van der Waals surface area contributed by atoms with Crippen LogP contribution < -0.4 is 5.32 Å². The van der Waals surface area contributed by atoms with E-state index >= 15 is 0 Å². The van der Waals surface area contributed by atoms with Crippen LogP contribution in [-0.2, 0) is 14.3 Å². The Labute approximate surface area is 208 Å². The summed E-state index contributed by atoms with van der Waals surface area (Å²) in [4.78, 5) is 39.0. The predicted octanol–water partition coefficient (Wildman–Crippen LogP) is 3.62. The lowest BCUT2D eigenvalue weighted by Crippen LogP contribution is -2.57. The summed E-state index contributed by atoms with van der Waals surface area (Å²) in [7, 11) is 0. The molecule has 0 aromatic heterocycles. The van der Waals surface area contributed by atoms with Crippen LogP contribution in [0.5, 0.6) is 0 Å². The van der Waals surface area contributed by atoms with Crippen LogP contribution in [0.3, 0.4) is 0 Å². The number of fused-ring (bicyclic) bond motifs is 3. The highest BCUT2D eigenvalue weighted by Gasteiger charge is 2.36. The fraction of sp³-hybridized carbons (Fsp3) is 0.385. The maximum Gasteiger partial charge on any atom is 0.407 e. The van der Waals surface area contributed by atoms with Gasteiger partial charge < -0.3 is 20.1 Å². The molecule has 0 bridgehead atoms. The number of hydrogen-bond acceptors (Lipinski definition) is 6. The number of ether oxygens (including phenoxy) is 1. The molecule has 1 aliphatic heterocycles. The van der Waals surface area contributed by atoms with Crippen molar-refractivity contribution in [3.05, 3.63) is 59.7 Å². The first-order valence-corrected chi connectivity index (χ1v) is 12.8. The molecule has 4 rings (SSSR count). The van der Waals surface area contributed by atoms with Crippen LogP contribution in [0.1, 0.15) is 36.3 Å². The number of amides is 2. The van der Waals surface area contributed by atoms with Crippen LogP contribution in [0.2, 0.25) is 0 Å². The number of unbranched alkanes of at least 4 members (excludes halogenated alkanes) is 1. The van der Waals surface area contributed by atoms with Gasteiger partial charge >= 0.3 is 12.1 Å². The summed E-state index contributed by atoms with van der Waals surface area (Å²) < 4.78 is 5.58. The smallest absolute Gasteiger partial charge is 0.407 e. The molecule has 2 aliphatic rings. The third-order valence-electron chi connectivity index (χ3n) is 6.41. The van der Waals surface area contributed by atoms with Gasteiger partial charge in [0.2, 0.25) is 5.91 Å². The SMILES string of the molecule is N#CCCCC(NC(=O)OCC1c2ccccc2-c2ccccc21)C(=O)N1CCSCC1C(=O)O. The Bertz CT molecular complexity index is 1100. The lowest BCUT2D eigenvalue weighted by Gasteiger charge is -2.35. The molecule has 2 aromatic rings. The van der Waals surface area contributed by atoms with Crippen molar-refractivity contribution in [2.24, 2.45) is 0 Å². The van der Waals surface area contributed by atoms with Gasteiger partial charge in [-0.2, -0.15) is 17.0 Å². The molecule has 0 radical (unpaired) electrons. The normalized spacial score (nSPS) is 17.6. The third-order valence-corrected chi connectivity index (χ3v) is 7.43. The Morgan fingerprint density at radius 1 is 1.14 bits per heavy atom. The maximum absolute atomic E-state index is 13.2. The highest BCUT2D eigenvalue weighted by molar-refractivity contribution is 7.99. The molecule has 1 heterocycles. The molecule has 9 heteroatoms. The molecule has 2 amide bonds. The summed E-state index contributed by atoms with van der Waals surface area (Å²) in [5.41, 5.74) is 4.39. The van der Waals surface area contributed by atoms with Crippen LogP contribution in [0.25, 0.3) is 11.1 Å². The average molecular weight is 494 g/mol. The van der Waals surface area contributed by atoms with Crippen LogP contribution in [-0.4, -0.2) is 64.7 Å². The van der Waals surface area contributed by atoms with E-state index < -0.39 is 30.1 Å². The van der Waals surface area contributed by atoms with Gasteiger partial charge in [0.05, 0.1) is 6.07 Å². The quantitative estimate of drug-likeness (QED) is 0.539. The van der Waals surface area contributed by atoms with Gasteiger partial charge in [0.25, 0.3) is 0 Å². The molecule has 0 saturated carbocycles. The molecular weight excluding hydrogens is 466 g/mol. The molecule has 0 spiro atoms. The Hall–Kier alpha value is -3.51. The van der Waals surface area contributed by atoms with E-state index in [1.807, 2.05) is 54.6 Å². The number of benzene rings is 2. The van der Waals surface area contributed by atoms with Gasteiger partial charge in [-0.05, 0) is 35.1 Å². The van der Waals surface area contributed by atoms with E-state index in [1.165, 1.54) is 16.7 Å². The predicted molar refractivity (Wildman–Crippen MR) is 132 cm³/mol. The van der Waals surface area contributed by atoms with Gasteiger partial charge in [0, 0.05) is 30.4 Å². The van der Waals surface area contributed by atoms with E-state index in [2.05, 4.69) is 5.32 Å². The molecule has 1 saturated heterocycles. The molecule has 2 unspecified atom stereocenters. The van der Waals surface area contributed by atoms with E-state index in [0.717, 1.165) is 22.3 Å². The zero-order chi connectivity index (χ0) is 24.8. The highest BCUT2D eigenvalue weighted by Crippen LogP contribution is 2.44. The molecule has 2 atom stereocenters. The first-order chi connectivity index (χ1) is 17.0. The van der Waals surface area contributed by atoms with Crippen molar-refractivity contribution in [3.63, 3.8) is 0 Å². The lowest BCUT2D eigenvalue weighted by molar-refractivity contribution is -0.150. The first kappa shape index (κ1) is 24.6. The van der Waals surface area contributed by atoms with Gasteiger partial charge in [0.1, 0.15) is 18.7 Å². The van der Waals surface area contributed by atoms with E-state index in [-0.39, 0.29) is 25.4 Å². The molecule has 2 N–H and O–H groups in total. The highest BCUT2D eigenvalue weighted by atomic mass is 32.2. The Morgan fingerprint density at radius 3 is 2.43 bits per heavy atom. The van der Waals surface area contributed by atoms with Crippen molar-refractivity contribution in [1.29, 1.82) is 5.26 Å². The van der Waals surface area contributed by atoms with Crippen LogP contribution in [0.15, 0.2) is 48.5 Å². The van der Waals surface area contributed by atoms with Gasteiger partial charge in [-0.1, -0.05) is 48.5 Å². The summed E-state index contributed by atoms with van der Waals surface area (Å²) in [6, 6.07) is 16.2. The van der Waals surface area contributed by atoms with Crippen molar-refractivity contribution in [1.82, 2.24) is 10.2 Å². The molecule has 8 nitrogen and oxygen atoms in total. The van der Waals surface area contributed by atoms with Gasteiger partial charge in [-0.15, -0.1) is 0 Å². The average Bonchev–Trinajstić information content (AvgIpc) is 3.20. The van der Waals surface area contributed by atoms with Crippen molar-refractivity contribution < 1.29 is 24.2 Å². The van der Waals surface area contributed by atoms with Crippen molar-refractivity contribution in [2.75, 3.05) is 24.7 Å². The van der Waals surface area contributed by atoms with E-state index in [1.54, 1.807) is 0 Å². The van der Waals surface area contributed by atoms with Crippen molar-refractivity contribution >= 4 is 29.7 Å². The summed E-state index contributed by atoms with van der Waals surface area (Å²) >= 11 is 1.48. The molecule has 1 fully saturated rings.